The van der Waals surface area contributed by atoms with Crippen molar-refractivity contribution in [2.75, 3.05) is 6.61 Å². The number of aliphatic hydroxyl groups excluding tert-OH is 1. The Morgan fingerprint density at radius 3 is 2.53 bits per heavy atom. The Balaban J connectivity index is 1.80. The number of para-hydroxylation sites is 1. The Hall–Kier alpha value is -2.83. The number of ether oxygens (including phenoxy) is 2. The molecular formula is C22H28FN2O10P. The van der Waals surface area contributed by atoms with Gasteiger partial charge in [0.25, 0.3) is 5.56 Å². The number of aliphatic hydroxyl groups is 1. The van der Waals surface area contributed by atoms with Gasteiger partial charge in [0.1, 0.15) is 18.0 Å². The van der Waals surface area contributed by atoms with Crippen LogP contribution in [0.2, 0.25) is 0 Å². The average Bonchev–Trinajstić information content (AvgIpc) is 3.01. The van der Waals surface area contributed by atoms with E-state index in [-0.39, 0.29) is 5.75 Å². The summed E-state index contributed by atoms with van der Waals surface area (Å²) in [7, 11) is -4.55. The molecule has 1 unspecified atom stereocenters. The molecule has 1 aliphatic rings. The SMILES string of the molecule is CC(C)OC(=O)[C@H](C)OP(=O)(OC[C@H]1O[C@@H](n2ccc(=O)[nH]c2=O)[C@](C)(F)[C@@H]1O)Oc1ccccc1. The summed E-state index contributed by atoms with van der Waals surface area (Å²) in [6, 6.07) is 8.81. The molecule has 198 valence electrons. The molecule has 0 saturated carbocycles. The maximum Gasteiger partial charge on any atom is 0.530 e. The minimum atomic E-state index is -4.55. The second-order valence-corrected chi connectivity index (χ2v) is 10.1. The van der Waals surface area contributed by atoms with Crippen LogP contribution in [0.15, 0.2) is 52.2 Å². The number of H-pyrrole nitrogens is 1. The Kier molecular flexibility index (Phi) is 8.52. The number of phosphoric acid groups is 1. The van der Waals surface area contributed by atoms with Gasteiger partial charge in [0.05, 0.1) is 12.7 Å². The minimum Gasteiger partial charge on any atom is -0.461 e. The molecule has 2 N–H and O–H groups in total. The summed E-state index contributed by atoms with van der Waals surface area (Å²) in [5, 5.41) is 10.5. The lowest BCUT2D eigenvalue weighted by molar-refractivity contribution is -0.156. The molecule has 0 aliphatic carbocycles. The Bertz CT molecular complexity index is 1220. The number of aromatic nitrogens is 2. The predicted octanol–water partition coefficient (Wildman–Crippen LogP) is 2.08. The van der Waals surface area contributed by atoms with Crippen molar-refractivity contribution in [3.63, 3.8) is 0 Å². The van der Waals surface area contributed by atoms with E-state index < -0.39 is 68.0 Å². The first kappa shape index (κ1) is 27.8. The highest BCUT2D eigenvalue weighted by molar-refractivity contribution is 7.49. The summed E-state index contributed by atoms with van der Waals surface area (Å²) >= 11 is 0. The van der Waals surface area contributed by atoms with Gasteiger partial charge in [-0.15, -0.1) is 0 Å². The predicted molar refractivity (Wildman–Crippen MR) is 123 cm³/mol. The van der Waals surface area contributed by atoms with E-state index in [0.29, 0.717) is 0 Å². The van der Waals surface area contributed by atoms with Gasteiger partial charge < -0.3 is 19.1 Å². The van der Waals surface area contributed by atoms with Gasteiger partial charge in [-0.05, 0) is 39.8 Å². The van der Waals surface area contributed by atoms with E-state index in [9.17, 15) is 24.1 Å². The van der Waals surface area contributed by atoms with E-state index in [1.54, 1.807) is 32.0 Å². The molecule has 0 spiro atoms. The number of benzene rings is 1. The molecule has 12 nitrogen and oxygen atoms in total. The van der Waals surface area contributed by atoms with Gasteiger partial charge in [-0.3, -0.25) is 23.4 Å². The average molecular weight is 530 g/mol. The van der Waals surface area contributed by atoms with Gasteiger partial charge in [-0.1, -0.05) is 18.2 Å². The maximum atomic E-state index is 15.4. The minimum absolute atomic E-state index is 0.0890. The quantitative estimate of drug-likeness (QED) is 0.345. The first-order valence-corrected chi connectivity index (χ1v) is 12.5. The number of aromatic amines is 1. The van der Waals surface area contributed by atoms with Crippen molar-refractivity contribution in [2.45, 2.75) is 64.0 Å². The zero-order chi connectivity index (χ0) is 26.7. The summed E-state index contributed by atoms with van der Waals surface area (Å²) in [5.41, 5.74) is -4.16. The standard InChI is InChI=1S/C22H28FN2O10P/c1-13(2)32-19(28)14(3)34-36(30,35-15-8-6-5-7-9-15)31-12-16-18(27)22(4,23)20(33-16)25-11-10-17(26)24-21(25)29/h5-11,13-14,16,18,20,27H,12H2,1-4H3,(H,24,26,29)/t14-,16+,18+,20+,22+,36?/m0/s1. The van der Waals surface area contributed by atoms with Crippen LogP contribution in [-0.2, 0) is 27.9 Å². The fraction of sp³-hybridized carbons (Fsp3) is 0.500. The van der Waals surface area contributed by atoms with Gasteiger partial charge in [-0.25, -0.2) is 18.5 Å². The van der Waals surface area contributed by atoms with E-state index in [1.807, 2.05) is 4.98 Å². The summed E-state index contributed by atoms with van der Waals surface area (Å²) in [6.07, 6.45) is -5.71. The number of halogens is 1. The third-order valence-corrected chi connectivity index (χ3v) is 6.62. The monoisotopic (exact) mass is 530 g/mol. The molecule has 0 bridgehead atoms. The molecule has 2 aromatic rings. The van der Waals surface area contributed by atoms with E-state index in [2.05, 4.69) is 0 Å². The molecule has 0 radical (unpaired) electrons. The molecule has 14 heteroatoms. The summed E-state index contributed by atoms with van der Waals surface area (Å²) < 4.78 is 56.2. The molecular weight excluding hydrogens is 502 g/mol. The number of carbonyl (C=O) groups excluding carboxylic acids is 1. The van der Waals surface area contributed by atoms with Crippen molar-refractivity contribution in [3.05, 3.63) is 63.4 Å². The fourth-order valence-corrected chi connectivity index (χ4v) is 4.72. The van der Waals surface area contributed by atoms with Crippen LogP contribution in [0.25, 0.3) is 0 Å². The van der Waals surface area contributed by atoms with Crippen LogP contribution >= 0.6 is 7.82 Å². The van der Waals surface area contributed by atoms with E-state index >= 15 is 4.39 Å². The smallest absolute Gasteiger partial charge is 0.461 e. The second kappa shape index (κ2) is 11.1. The lowest BCUT2D eigenvalue weighted by Gasteiger charge is -2.25. The summed E-state index contributed by atoms with van der Waals surface area (Å²) in [6.45, 7) is 4.83. The van der Waals surface area contributed by atoms with Crippen molar-refractivity contribution in [1.29, 1.82) is 0 Å². The molecule has 6 atom stereocenters. The van der Waals surface area contributed by atoms with Crippen LogP contribution in [0.1, 0.15) is 33.9 Å². The van der Waals surface area contributed by atoms with E-state index in [4.69, 9.17) is 23.0 Å². The van der Waals surface area contributed by atoms with E-state index in [0.717, 1.165) is 23.8 Å². The van der Waals surface area contributed by atoms with Crippen molar-refractivity contribution < 1.29 is 41.9 Å². The highest BCUT2D eigenvalue weighted by atomic mass is 31.2. The highest BCUT2D eigenvalue weighted by Crippen LogP contribution is 2.52. The molecule has 1 fully saturated rings. The Morgan fingerprint density at radius 2 is 1.92 bits per heavy atom. The van der Waals surface area contributed by atoms with Gasteiger partial charge in [0.15, 0.2) is 18.0 Å². The Morgan fingerprint density at radius 1 is 1.25 bits per heavy atom. The largest absolute Gasteiger partial charge is 0.530 e. The van der Waals surface area contributed by atoms with Crippen LogP contribution < -0.4 is 15.8 Å². The number of hydrogen-bond donors (Lipinski definition) is 2. The van der Waals surface area contributed by atoms with Crippen LogP contribution in [0.3, 0.4) is 0 Å². The number of carbonyl (C=O) groups is 1. The fourth-order valence-electron chi connectivity index (χ4n) is 3.38. The van der Waals surface area contributed by atoms with Crippen LogP contribution in [-0.4, -0.2) is 57.3 Å². The molecule has 2 heterocycles. The van der Waals surface area contributed by atoms with Gasteiger partial charge in [-0.2, -0.15) is 0 Å². The van der Waals surface area contributed by atoms with Gasteiger partial charge in [0.2, 0.25) is 0 Å². The first-order valence-electron chi connectivity index (χ1n) is 11.0. The normalized spacial score (nSPS) is 26.4. The lowest BCUT2D eigenvalue weighted by atomic mass is 9.98. The maximum absolute atomic E-state index is 15.4. The zero-order valence-electron chi connectivity index (χ0n) is 20.0. The number of rotatable bonds is 10. The number of nitrogens with zero attached hydrogens (tertiary/aromatic N) is 1. The van der Waals surface area contributed by atoms with Gasteiger partial charge in [0, 0.05) is 12.3 Å². The number of alkyl halides is 1. The Labute approximate surface area is 205 Å². The van der Waals surface area contributed by atoms with E-state index in [1.165, 1.54) is 19.1 Å². The van der Waals surface area contributed by atoms with Gasteiger partial charge >= 0.3 is 19.5 Å². The molecule has 1 aliphatic heterocycles. The van der Waals surface area contributed by atoms with Crippen LogP contribution in [0.4, 0.5) is 4.39 Å². The summed E-state index contributed by atoms with van der Waals surface area (Å²) in [4.78, 5) is 37.6. The third kappa shape index (κ3) is 6.48. The molecule has 3 rings (SSSR count). The van der Waals surface area contributed by atoms with Crippen molar-refractivity contribution >= 4 is 13.8 Å². The zero-order valence-corrected chi connectivity index (χ0v) is 20.9. The number of nitrogens with one attached hydrogen (secondary N) is 1. The molecule has 1 aromatic heterocycles. The topological polar surface area (TPSA) is 155 Å². The highest BCUT2D eigenvalue weighted by Gasteiger charge is 2.56. The number of phosphoric ester groups is 1. The van der Waals surface area contributed by atoms with Crippen LogP contribution in [0, 0.1) is 0 Å². The molecule has 0 amide bonds. The third-order valence-electron chi connectivity index (χ3n) is 5.15. The van der Waals surface area contributed by atoms with Crippen molar-refractivity contribution in [2.24, 2.45) is 0 Å². The molecule has 1 saturated heterocycles. The second-order valence-electron chi connectivity index (χ2n) is 8.52. The lowest BCUT2D eigenvalue weighted by Crippen LogP contribution is -2.43. The van der Waals surface area contributed by atoms with Crippen LogP contribution in [0.5, 0.6) is 5.75 Å². The van der Waals surface area contributed by atoms with Crippen molar-refractivity contribution in [3.8, 4) is 5.75 Å². The first-order chi connectivity index (χ1) is 16.8. The molecule has 1 aromatic carbocycles. The summed E-state index contributed by atoms with van der Waals surface area (Å²) in [5.74, 6) is -0.734. The van der Waals surface area contributed by atoms with Crippen molar-refractivity contribution in [1.82, 2.24) is 9.55 Å². The number of hydrogen-bond acceptors (Lipinski definition) is 10. The number of esters is 1. The molecule has 36 heavy (non-hydrogen) atoms.